The van der Waals surface area contributed by atoms with Gasteiger partial charge in [0, 0.05) is 17.2 Å². The molecular formula is C10H10ClN. The van der Waals surface area contributed by atoms with Crippen LogP contribution >= 0.6 is 11.6 Å². The molecule has 0 unspecified atom stereocenters. The van der Waals surface area contributed by atoms with E-state index in [1.54, 1.807) is 0 Å². The Hall–Kier alpha value is -0.820. The van der Waals surface area contributed by atoms with Crippen molar-refractivity contribution in [2.24, 2.45) is 4.99 Å². The maximum absolute atomic E-state index is 5.91. The zero-order chi connectivity index (χ0) is 8.72. The summed E-state index contributed by atoms with van der Waals surface area (Å²) in [5.41, 5.74) is 4.81. The van der Waals surface area contributed by atoms with E-state index in [-0.39, 0.29) is 0 Å². The first-order valence-corrected chi connectivity index (χ1v) is 4.38. The van der Waals surface area contributed by atoms with Crippen molar-refractivity contribution in [2.75, 3.05) is 0 Å². The van der Waals surface area contributed by atoms with E-state index < -0.39 is 0 Å². The molecule has 1 aliphatic rings. The Kier molecular flexibility index (Phi) is 1.69. The molecule has 0 aliphatic carbocycles. The number of benzene rings is 1. The van der Waals surface area contributed by atoms with Gasteiger partial charge in [-0.2, -0.15) is 0 Å². The Labute approximate surface area is 77.1 Å². The Morgan fingerprint density at radius 1 is 1.33 bits per heavy atom. The molecule has 0 spiro atoms. The van der Waals surface area contributed by atoms with Crippen molar-refractivity contribution in [1.82, 2.24) is 0 Å². The molecule has 1 nitrogen and oxygen atoms in total. The van der Waals surface area contributed by atoms with Crippen molar-refractivity contribution < 1.29 is 0 Å². The highest BCUT2D eigenvalue weighted by atomic mass is 35.5. The topological polar surface area (TPSA) is 12.4 Å². The van der Waals surface area contributed by atoms with Crippen LogP contribution in [0.1, 0.15) is 18.1 Å². The summed E-state index contributed by atoms with van der Waals surface area (Å²) in [6.07, 6.45) is 0.984. The zero-order valence-electron chi connectivity index (χ0n) is 7.19. The third kappa shape index (κ3) is 1.14. The lowest BCUT2D eigenvalue weighted by Gasteiger charge is -2.02. The lowest BCUT2D eigenvalue weighted by molar-refractivity contribution is 1.29. The fourth-order valence-corrected chi connectivity index (χ4v) is 1.85. The second kappa shape index (κ2) is 2.60. The van der Waals surface area contributed by atoms with Gasteiger partial charge in [-0.15, -0.1) is 0 Å². The molecule has 0 amide bonds. The summed E-state index contributed by atoms with van der Waals surface area (Å²) in [6, 6.07) is 3.93. The number of aliphatic imine (C=N–C) groups is 1. The second-order valence-corrected chi connectivity index (χ2v) is 3.68. The van der Waals surface area contributed by atoms with Crippen LogP contribution in [-0.4, -0.2) is 5.71 Å². The van der Waals surface area contributed by atoms with Crippen molar-refractivity contribution >= 4 is 23.0 Å². The first-order chi connectivity index (χ1) is 5.66. The SMILES string of the molecule is CC1=Nc2cc(Cl)cc(C)c2C1. The minimum atomic E-state index is 0.782. The molecule has 0 fully saturated rings. The monoisotopic (exact) mass is 179 g/mol. The number of hydrogen-bond acceptors (Lipinski definition) is 1. The van der Waals surface area contributed by atoms with Crippen molar-refractivity contribution in [3.05, 3.63) is 28.3 Å². The second-order valence-electron chi connectivity index (χ2n) is 3.24. The Bertz CT molecular complexity index is 366. The van der Waals surface area contributed by atoms with Gasteiger partial charge < -0.3 is 0 Å². The quantitative estimate of drug-likeness (QED) is 0.580. The van der Waals surface area contributed by atoms with E-state index in [2.05, 4.69) is 11.9 Å². The predicted molar refractivity (Wildman–Crippen MR) is 52.7 cm³/mol. The Morgan fingerprint density at radius 2 is 2.08 bits per heavy atom. The van der Waals surface area contributed by atoms with Crippen molar-refractivity contribution in [3.8, 4) is 0 Å². The number of rotatable bonds is 0. The molecule has 0 atom stereocenters. The molecule has 0 radical (unpaired) electrons. The lowest BCUT2D eigenvalue weighted by atomic mass is 10.0. The summed E-state index contributed by atoms with van der Waals surface area (Å²) in [4.78, 5) is 4.41. The van der Waals surface area contributed by atoms with Crippen LogP contribution in [0.15, 0.2) is 17.1 Å². The molecule has 1 aromatic carbocycles. The summed E-state index contributed by atoms with van der Waals surface area (Å²) in [7, 11) is 0. The van der Waals surface area contributed by atoms with Crippen LogP contribution in [0.4, 0.5) is 5.69 Å². The molecule has 1 heterocycles. The highest BCUT2D eigenvalue weighted by Gasteiger charge is 2.13. The fraction of sp³-hybridized carbons (Fsp3) is 0.300. The van der Waals surface area contributed by atoms with E-state index in [1.807, 2.05) is 19.1 Å². The van der Waals surface area contributed by atoms with Crippen LogP contribution in [0.5, 0.6) is 0 Å². The molecule has 2 heteroatoms. The van der Waals surface area contributed by atoms with E-state index in [4.69, 9.17) is 11.6 Å². The largest absolute Gasteiger partial charge is 0.257 e. The van der Waals surface area contributed by atoms with Crippen LogP contribution in [0, 0.1) is 6.92 Å². The molecule has 2 rings (SSSR count). The molecule has 0 saturated carbocycles. The van der Waals surface area contributed by atoms with Gasteiger partial charge in [0.15, 0.2) is 0 Å². The molecule has 1 aromatic rings. The van der Waals surface area contributed by atoms with Crippen LogP contribution in [0.3, 0.4) is 0 Å². The van der Waals surface area contributed by atoms with Gasteiger partial charge in [-0.25, -0.2) is 0 Å². The maximum Gasteiger partial charge on any atom is 0.0682 e. The van der Waals surface area contributed by atoms with Gasteiger partial charge in [0.25, 0.3) is 0 Å². The zero-order valence-corrected chi connectivity index (χ0v) is 7.94. The molecule has 0 bridgehead atoms. The van der Waals surface area contributed by atoms with Gasteiger partial charge in [0.05, 0.1) is 5.69 Å². The number of nitrogens with zero attached hydrogens (tertiary/aromatic N) is 1. The summed E-state index contributed by atoms with van der Waals surface area (Å²) in [6.45, 7) is 4.13. The van der Waals surface area contributed by atoms with E-state index in [1.165, 1.54) is 16.8 Å². The highest BCUT2D eigenvalue weighted by Crippen LogP contribution is 2.32. The maximum atomic E-state index is 5.91. The first kappa shape index (κ1) is 7.81. The smallest absolute Gasteiger partial charge is 0.0682 e. The van der Waals surface area contributed by atoms with Crippen LogP contribution in [0.2, 0.25) is 5.02 Å². The molecule has 12 heavy (non-hydrogen) atoms. The van der Waals surface area contributed by atoms with Crippen molar-refractivity contribution in [1.29, 1.82) is 0 Å². The average molecular weight is 180 g/mol. The molecular weight excluding hydrogens is 170 g/mol. The van der Waals surface area contributed by atoms with Gasteiger partial charge in [-0.3, -0.25) is 4.99 Å². The van der Waals surface area contributed by atoms with Crippen LogP contribution < -0.4 is 0 Å². The molecule has 62 valence electrons. The fourth-order valence-electron chi connectivity index (χ4n) is 1.59. The minimum absolute atomic E-state index is 0.782. The highest BCUT2D eigenvalue weighted by molar-refractivity contribution is 6.31. The van der Waals surface area contributed by atoms with Crippen molar-refractivity contribution in [3.63, 3.8) is 0 Å². The van der Waals surface area contributed by atoms with Crippen LogP contribution in [0.25, 0.3) is 0 Å². The average Bonchev–Trinajstić information content (AvgIpc) is 2.29. The summed E-state index contributed by atoms with van der Waals surface area (Å²) in [5, 5.41) is 0.782. The third-order valence-electron chi connectivity index (χ3n) is 2.16. The minimum Gasteiger partial charge on any atom is -0.257 e. The van der Waals surface area contributed by atoms with E-state index in [9.17, 15) is 0 Å². The van der Waals surface area contributed by atoms with Gasteiger partial charge in [-0.1, -0.05) is 11.6 Å². The molecule has 1 aliphatic heterocycles. The predicted octanol–water partition coefficient (Wildman–Crippen LogP) is 3.30. The van der Waals surface area contributed by atoms with Gasteiger partial charge >= 0.3 is 0 Å². The lowest BCUT2D eigenvalue weighted by Crippen LogP contribution is -1.91. The first-order valence-electron chi connectivity index (χ1n) is 4.00. The molecule has 0 aromatic heterocycles. The van der Waals surface area contributed by atoms with Gasteiger partial charge in [-0.05, 0) is 37.1 Å². The number of hydrogen-bond donors (Lipinski definition) is 0. The normalized spacial score (nSPS) is 14.4. The summed E-state index contributed by atoms with van der Waals surface area (Å²) in [5.74, 6) is 0. The molecule has 0 saturated heterocycles. The third-order valence-corrected chi connectivity index (χ3v) is 2.38. The van der Waals surface area contributed by atoms with Gasteiger partial charge in [0.2, 0.25) is 0 Å². The Balaban J connectivity index is 2.61. The number of aryl methyl sites for hydroxylation is 1. The number of fused-ring (bicyclic) bond motifs is 1. The molecule has 0 N–H and O–H groups in total. The number of halogens is 1. The van der Waals surface area contributed by atoms with E-state index in [0.717, 1.165) is 17.1 Å². The van der Waals surface area contributed by atoms with E-state index in [0.29, 0.717) is 0 Å². The Morgan fingerprint density at radius 3 is 2.83 bits per heavy atom. The summed E-state index contributed by atoms with van der Waals surface area (Å²) < 4.78 is 0. The van der Waals surface area contributed by atoms with Crippen molar-refractivity contribution in [2.45, 2.75) is 20.3 Å². The standard InChI is InChI=1S/C10H10ClN/c1-6-3-8(11)5-10-9(6)4-7(2)12-10/h3,5H,4H2,1-2H3. The van der Waals surface area contributed by atoms with Gasteiger partial charge in [0.1, 0.15) is 0 Å². The van der Waals surface area contributed by atoms with Crippen LogP contribution in [-0.2, 0) is 6.42 Å². The summed E-state index contributed by atoms with van der Waals surface area (Å²) >= 11 is 5.91. The van der Waals surface area contributed by atoms with E-state index >= 15 is 0 Å².